The molecule has 3 N–H and O–H groups in total. The molecule has 0 aliphatic carbocycles. The summed E-state index contributed by atoms with van der Waals surface area (Å²) in [7, 11) is 1.95. The number of benzene rings is 1. The molecule has 3 aromatic heterocycles. The van der Waals surface area contributed by atoms with Crippen LogP contribution in [0.15, 0.2) is 55.0 Å². The number of hydrogen-bond donors (Lipinski definition) is 3. The topological polar surface area (TPSA) is 65.6 Å². The van der Waals surface area contributed by atoms with Gasteiger partial charge in [-0.25, -0.2) is 0 Å². The Hall–Kier alpha value is -3.18. The molecule has 0 aliphatic rings. The molecular formula is C25H29N5. The Kier molecular flexibility index (Phi) is 5.81. The number of pyridine rings is 2. The van der Waals surface area contributed by atoms with Crippen LogP contribution in [0.3, 0.4) is 0 Å². The summed E-state index contributed by atoms with van der Waals surface area (Å²) in [6.07, 6.45) is 5.68. The van der Waals surface area contributed by atoms with E-state index in [1.807, 2.05) is 32.6 Å². The van der Waals surface area contributed by atoms with Crippen LogP contribution in [0, 0.1) is 6.92 Å². The lowest BCUT2D eigenvalue weighted by atomic mass is 9.94. The van der Waals surface area contributed by atoms with Crippen molar-refractivity contribution in [3.63, 3.8) is 0 Å². The third kappa shape index (κ3) is 4.07. The second-order valence-electron chi connectivity index (χ2n) is 8.01. The predicted octanol–water partition coefficient (Wildman–Crippen LogP) is 5.36. The van der Waals surface area contributed by atoms with E-state index in [2.05, 4.69) is 75.8 Å². The van der Waals surface area contributed by atoms with E-state index in [0.717, 1.165) is 35.6 Å². The number of fused-ring (bicyclic) bond motifs is 1. The molecule has 0 saturated heterocycles. The number of hydrogen-bond acceptors (Lipinski definition) is 4. The fraction of sp³-hybridized carbons (Fsp3) is 0.280. The summed E-state index contributed by atoms with van der Waals surface area (Å²) in [5.41, 5.74) is 9.21. The highest BCUT2D eigenvalue weighted by Gasteiger charge is 2.17. The summed E-state index contributed by atoms with van der Waals surface area (Å²) in [5.74, 6) is 0.394. The van der Waals surface area contributed by atoms with Crippen molar-refractivity contribution in [1.82, 2.24) is 20.3 Å². The van der Waals surface area contributed by atoms with E-state index in [4.69, 9.17) is 0 Å². The first kappa shape index (κ1) is 20.1. The molecule has 0 bridgehead atoms. The molecule has 0 amide bonds. The monoisotopic (exact) mass is 399 g/mol. The Morgan fingerprint density at radius 1 is 0.967 bits per heavy atom. The van der Waals surface area contributed by atoms with E-state index in [9.17, 15) is 0 Å². The lowest BCUT2D eigenvalue weighted by Crippen LogP contribution is -2.17. The van der Waals surface area contributed by atoms with E-state index >= 15 is 0 Å². The van der Waals surface area contributed by atoms with Crippen LogP contribution in [0.25, 0.3) is 33.3 Å². The first-order valence-corrected chi connectivity index (χ1v) is 10.5. The molecule has 5 nitrogen and oxygen atoms in total. The standard InChI is InChI=1S/C25H29N5/c1-16(2)24-22-13-18(20-12-21(15-27-14-20)29-10-9-26-4)5-6-23(22)30-25(24)19-7-8-28-17(3)11-19/h5-8,11-16,26,29-30H,9-10H2,1-4H3. The second kappa shape index (κ2) is 8.67. The van der Waals surface area contributed by atoms with Gasteiger partial charge in [0.2, 0.25) is 0 Å². The third-order valence-corrected chi connectivity index (χ3v) is 5.38. The van der Waals surface area contributed by atoms with E-state index in [1.54, 1.807) is 0 Å². The molecule has 1 aromatic carbocycles. The highest BCUT2D eigenvalue weighted by atomic mass is 14.9. The number of likely N-dealkylation sites (N-methyl/N-ethyl adjacent to an activating group) is 1. The minimum absolute atomic E-state index is 0.394. The molecule has 0 saturated carbocycles. The van der Waals surface area contributed by atoms with Crippen molar-refractivity contribution >= 4 is 16.6 Å². The second-order valence-corrected chi connectivity index (χ2v) is 8.01. The molecule has 30 heavy (non-hydrogen) atoms. The van der Waals surface area contributed by atoms with Crippen molar-refractivity contribution in [2.24, 2.45) is 0 Å². The van der Waals surface area contributed by atoms with Crippen LogP contribution in [0.4, 0.5) is 5.69 Å². The van der Waals surface area contributed by atoms with Gasteiger partial charge in [-0.15, -0.1) is 0 Å². The third-order valence-electron chi connectivity index (χ3n) is 5.38. The fourth-order valence-electron chi connectivity index (χ4n) is 3.95. The zero-order valence-corrected chi connectivity index (χ0v) is 18.1. The molecule has 0 spiro atoms. The van der Waals surface area contributed by atoms with E-state index in [-0.39, 0.29) is 0 Å². The Labute approximate surface area is 178 Å². The molecule has 3 heterocycles. The fourth-order valence-corrected chi connectivity index (χ4v) is 3.95. The van der Waals surface area contributed by atoms with Crippen LogP contribution in [-0.2, 0) is 0 Å². The highest BCUT2D eigenvalue weighted by Crippen LogP contribution is 2.37. The SMILES string of the molecule is CNCCNc1cncc(-c2ccc3[nH]c(-c4ccnc(C)c4)c(C(C)C)c3c2)c1. The maximum Gasteiger partial charge on any atom is 0.0533 e. The van der Waals surface area contributed by atoms with Gasteiger partial charge in [-0.05, 0) is 61.3 Å². The minimum atomic E-state index is 0.394. The molecule has 0 unspecified atom stereocenters. The van der Waals surface area contributed by atoms with Gasteiger partial charge in [-0.3, -0.25) is 9.97 Å². The van der Waals surface area contributed by atoms with Crippen molar-refractivity contribution in [2.75, 3.05) is 25.5 Å². The lowest BCUT2D eigenvalue weighted by molar-refractivity contribution is 0.823. The molecule has 4 aromatic rings. The minimum Gasteiger partial charge on any atom is -0.383 e. The largest absolute Gasteiger partial charge is 0.383 e. The number of aromatic nitrogens is 3. The number of rotatable bonds is 7. The van der Waals surface area contributed by atoms with Gasteiger partial charge in [0, 0.05) is 59.4 Å². The van der Waals surface area contributed by atoms with Crippen molar-refractivity contribution in [1.29, 1.82) is 0 Å². The van der Waals surface area contributed by atoms with Crippen LogP contribution >= 0.6 is 0 Å². The van der Waals surface area contributed by atoms with E-state index in [0.29, 0.717) is 5.92 Å². The molecule has 0 radical (unpaired) electrons. The summed E-state index contributed by atoms with van der Waals surface area (Å²) in [6, 6.07) is 13.0. The molecule has 0 fully saturated rings. The first-order valence-electron chi connectivity index (χ1n) is 10.5. The van der Waals surface area contributed by atoms with Gasteiger partial charge in [0.15, 0.2) is 0 Å². The highest BCUT2D eigenvalue weighted by molar-refractivity contribution is 5.94. The average molecular weight is 400 g/mol. The zero-order valence-electron chi connectivity index (χ0n) is 18.1. The summed E-state index contributed by atoms with van der Waals surface area (Å²) in [4.78, 5) is 12.4. The summed E-state index contributed by atoms with van der Waals surface area (Å²) in [5, 5.41) is 7.83. The molecular weight excluding hydrogens is 370 g/mol. The van der Waals surface area contributed by atoms with Crippen molar-refractivity contribution in [3.05, 3.63) is 66.2 Å². The summed E-state index contributed by atoms with van der Waals surface area (Å²) >= 11 is 0. The number of H-pyrrole nitrogens is 1. The first-order chi connectivity index (χ1) is 14.6. The summed E-state index contributed by atoms with van der Waals surface area (Å²) in [6.45, 7) is 8.31. The number of aryl methyl sites for hydroxylation is 1. The number of anilines is 1. The quantitative estimate of drug-likeness (QED) is 0.366. The number of nitrogens with one attached hydrogen (secondary N) is 3. The van der Waals surface area contributed by atoms with Gasteiger partial charge in [-0.1, -0.05) is 19.9 Å². The van der Waals surface area contributed by atoms with Gasteiger partial charge in [0.05, 0.1) is 11.4 Å². The van der Waals surface area contributed by atoms with Crippen LogP contribution < -0.4 is 10.6 Å². The molecule has 0 atom stereocenters. The van der Waals surface area contributed by atoms with Gasteiger partial charge < -0.3 is 15.6 Å². The molecule has 5 heteroatoms. The van der Waals surface area contributed by atoms with Crippen LogP contribution in [0.5, 0.6) is 0 Å². The molecule has 154 valence electrons. The maximum absolute atomic E-state index is 4.44. The predicted molar refractivity (Wildman–Crippen MR) is 126 cm³/mol. The van der Waals surface area contributed by atoms with E-state index < -0.39 is 0 Å². The van der Waals surface area contributed by atoms with Crippen molar-refractivity contribution < 1.29 is 0 Å². The van der Waals surface area contributed by atoms with Crippen molar-refractivity contribution in [2.45, 2.75) is 26.7 Å². The van der Waals surface area contributed by atoms with Crippen molar-refractivity contribution in [3.8, 4) is 22.4 Å². The number of aromatic amines is 1. The Morgan fingerprint density at radius 2 is 1.83 bits per heavy atom. The smallest absolute Gasteiger partial charge is 0.0533 e. The average Bonchev–Trinajstić information content (AvgIpc) is 3.13. The van der Waals surface area contributed by atoms with Crippen LogP contribution in [-0.4, -0.2) is 35.1 Å². The van der Waals surface area contributed by atoms with Gasteiger partial charge in [-0.2, -0.15) is 0 Å². The Balaban J connectivity index is 1.78. The summed E-state index contributed by atoms with van der Waals surface area (Å²) < 4.78 is 0. The molecule has 0 aliphatic heterocycles. The zero-order chi connectivity index (χ0) is 21.1. The maximum atomic E-state index is 4.44. The van der Waals surface area contributed by atoms with Crippen LogP contribution in [0.1, 0.15) is 31.0 Å². The Morgan fingerprint density at radius 3 is 2.60 bits per heavy atom. The van der Waals surface area contributed by atoms with Gasteiger partial charge in [0.1, 0.15) is 0 Å². The molecule has 4 rings (SSSR count). The number of nitrogens with zero attached hydrogens (tertiary/aromatic N) is 2. The van der Waals surface area contributed by atoms with Gasteiger partial charge >= 0.3 is 0 Å². The Bertz CT molecular complexity index is 1160. The normalized spacial score (nSPS) is 11.4. The lowest BCUT2D eigenvalue weighted by Gasteiger charge is -2.10. The van der Waals surface area contributed by atoms with Crippen LogP contribution in [0.2, 0.25) is 0 Å². The van der Waals surface area contributed by atoms with E-state index in [1.165, 1.54) is 27.8 Å². The van der Waals surface area contributed by atoms with Gasteiger partial charge in [0.25, 0.3) is 0 Å².